The zero-order valence-electron chi connectivity index (χ0n) is 10.3. The molecule has 10 heteroatoms. The molecule has 0 aliphatic rings. The van der Waals surface area contributed by atoms with Crippen molar-refractivity contribution in [3.8, 4) is 5.75 Å². The first kappa shape index (κ1) is 19.7. The number of rotatable bonds is 7. The number of methoxy groups -OCH3 is 1. The molecule has 102 valence electrons. The Morgan fingerprint density at radius 1 is 1.42 bits per heavy atom. The zero-order chi connectivity index (χ0) is 13.6. The van der Waals surface area contributed by atoms with E-state index in [0.29, 0.717) is 22.3 Å². The van der Waals surface area contributed by atoms with E-state index in [1.807, 2.05) is 0 Å². The van der Waals surface area contributed by atoms with Crippen molar-refractivity contribution >= 4 is 37.8 Å². The van der Waals surface area contributed by atoms with E-state index in [1.165, 1.54) is 25.3 Å². The summed E-state index contributed by atoms with van der Waals surface area (Å²) in [5.41, 5.74) is 0. The number of benzene rings is 1. The summed E-state index contributed by atoms with van der Waals surface area (Å²) >= 11 is 3.75. The molecule has 19 heavy (non-hydrogen) atoms. The van der Waals surface area contributed by atoms with Crippen molar-refractivity contribution in [2.75, 3.05) is 18.2 Å². The predicted molar refractivity (Wildman–Crippen MR) is 66.9 cm³/mol. The van der Waals surface area contributed by atoms with Crippen molar-refractivity contribution < 1.29 is 57.3 Å². The van der Waals surface area contributed by atoms with E-state index in [-0.39, 0.29) is 46.0 Å². The monoisotopic (exact) mass is 380 g/mol. The van der Waals surface area contributed by atoms with Crippen molar-refractivity contribution in [3.05, 3.63) is 18.2 Å². The van der Waals surface area contributed by atoms with E-state index in [0.717, 1.165) is 0 Å². The van der Waals surface area contributed by atoms with Gasteiger partial charge in [0.1, 0.15) is 10.6 Å². The van der Waals surface area contributed by atoms with Gasteiger partial charge >= 0.3 is 29.6 Å². The van der Waals surface area contributed by atoms with Crippen LogP contribution in [-0.4, -0.2) is 26.6 Å². The van der Waals surface area contributed by atoms with Gasteiger partial charge in [-0.1, -0.05) is 15.9 Å². The molecule has 0 amide bonds. The van der Waals surface area contributed by atoms with Crippen molar-refractivity contribution in [2.24, 2.45) is 0 Å². The van der Waals surface area contributed by atoms with Gasteiger partial charge in [-0.05, 0) is 18.2 Å². The van der Waals surface area contributed by atoms with Crippen molar-refractivity contribution in [1.82, 2.24) is 0 Å². The van der Waals surface area contributed by atoms with Crippen LogP contribution in [0.3, 0.4) is 0 Å². The SMILES string of the molecule is COc1cc(SOO[O-])ccc1S(=O)(=O)CCBr.[Na+]. The minimum atomic E-state index is -3.41. The fourth-order valence-corrected chi connectivity index (χ4v) is 4.03. The van der Waals surface area contributed by atoms with Crippen LogP contribution >= 0.6 is 28.0 Å². The van der Waals surface area contributed by atoms with Crippen LogP contribution in [0.25, 0.3) is 0 Å². The fraction of sp³-hybridized carbons (Fsp3) is 0.333. The van der Waals surface area contributed by atoms with E-state index in [2.05, 4.69) is 25.3 Å². The van der Waals surface area contributed by atoms with Gasteiger partial charge < -0.3 is 9.99 Å². The minimum absolute atomic E-state index is 0. The van der Waals surface area contributed by atoms with Crippen LogP contribution in [0.1, 0.15) is 0 Å². The summed E-state index contributed by atoms with van der Waals surface area (Å²) in [6.45, 7) is 0. The third-order valence-corrected chi connectivity index (χ3v) is 5.21. The van der Waals surface area contributed by atoms with Crippen molar-refractivity contribution in [1.29, 1.82) is 0 Å². The molecule has 0 bridgehead atoms. The molecule has 0 aliphatic heterocycles. The zero-order valence-corrected chi connectivity index (χ0v) is 15.5. The quantitative estimate of drug-likeness (QED) is 0.179. The fourth-order valence-electron chi connectivity index (χ4n) is 1.22. The van der Waals surface area contributed by atoms with Gasteiger partial charge in [-0.3, -0.25) is 5.04 Å². The third-order valence-electron chi connectivity index (χ3n) is 1.97. The van der Waals surface area contributed by atoms with E-state index >= 15 is 0 Å². The normalized spacial score (nSPS) is 10.9. The minimum Gasteiger partial charge on any atom is -0.691 e. The Morgan fingerprint density at radius 2 is 2.11 bits per heavy atom. The first-order valence-corrected chi connectivity index (χ1v) is 8.16. The molecular weight excluding hydrogens is 371 g/mol. The van der Waals surface area contributed by atoms with Crippen LogP contribution in [0.2, 0.25) is 0 Å². The molecule has 0 saturated heterocycles. The maximum atomic E-state index is 11.9. The molecule has 0 atom stereocenters. The first-order valence-electron chi connectivity index (χ1n) is 4.65. The summed E-state index contributed by atoms with van der Waals surface area (Å²) in [5, 5.41) is 13.2. The van der Waals surface area contributed by atoms with Gasteiger partial charge in [0.15, 0.2) is 9.84 Å². The van der Waals surface area contributed by atoms with Gasteiger partial charge in [0.05, 0.1) is 24.9 Å². The van der Waals surface area contributed by atoms with Crippen molar-refractivity contribution in [3.63, 3.8) is 0 Å². The Kier molecular flexibility index (Phi) is 9.93. The molecule has 1 aromatic rings. The van der Waals surface area contributed by atoms with Gasteiger partial charge in [0.2, 0.25) is 0 Å². The van der Waals surface area contributed by atoms with Crippen LogP contribution in [-0.2, 0) is 19.2 Å². The third kappa shape index (κ3) is 5.90. The number of hydrogen-bond acceptors (Lipinski definition) is 7. The molecule has 1 rings (SSSR count). The summed E-state index contributed by atoms with van der Waals surface area (Å²) in [5.74, 6) is 0.159. The van der Waals surface area contributed by atoms with Gasteiger partial charge in [0.25, 0.3) is 0 Å². The van der Waals surface area contributed by atoms with Crippen LogP contribution in [0.5, 0.6) is 5.75 Å². The molecule has 0 aromatic heterocycles. The first-order chi connectivity index (χ1) is 8.55. The number of halogens is 1. The molecule has 0 saturated carbocycles. The largest absolute Gasteiger partial charge is 1.00 e. The molecule has 0 aliphatic carbocycles. The number of ether oxygens (including phenoxy) is 1. The smallest absolute Gasteiger partial charge is 0.691 e. The molecule has 6 nitrogen and oxygen atoms in total. The summed E-state index contributed by atoms with van der Waals surface area (Å²) in [7, 11) is -2.04. The second kappa shape index (κ2) is 9.59. The van der Waals surface area contributed by atoms with Gasteiger partial charge in [0, 0.05) is 10.2 Å². The maximum Gasteiger partial charge on any atom is 1.00 e. The topological polar surface area (TPSA) is 84.9 Å². The number of hydrogen-bond donors (Lipinski definition) is 0. The standard InChI is InChI=1S/C9H11BrO6S2.Na/c1-14-8-6-7(17-16-15-11)2-3-9(8)18(12,13)5-4-10;/h2-3,6,11H,4-5H2,1H3;/q;+1/p-1. The summed E-state index contributed by atoms with van der Waals surface area (Å²) in [6.07, 6.45) is 0. The average molecular weight is 381 g/mol. The molecule has 0 unspecified atom stereocenters. The van der Waals surface area contributed by atoms with Crippen LogP contribution in [0.4, 0.5) is 0 Å². The van der Waals surface area contributed by atoms with Gasteiger partial charge in [-0.2, -0.15) is 4.33 Å². The van der Waals surface area contributed by atoms with Gasteiger partial charge in [-0.15, -0.1) is 0 Å². The second-order valence-corrected chi connectivity index (χ2v) is 6.68. The summed E-state index contributed by atoms with van der Waals surface area (Å²) in [6, 6.07) is 4.34. The van der Waals surface area contributed by atoms with E-state index < -0.39 is 9.84 Å². The van der Waals surface area contributed by atoms with E-state index in [9.17, 15) is 13.7 Å². The van der Waals surface area contributed by atoms with E-state index in [4.69, 9.17) is 4.74 Å². The number of alkyl halides is 1. The summed E-state index contributed by atoms with van der Waals surface area (Å²) < 4.78 is 33.0. The molecular formula is C9H10BrNaO6S2. The summed E-state index contributed by atoms with van der Waals surface area (Å²) in [4.78, 5) is 0.581. The van der Waals surface area contributed by atoms with Crippen LogP contribution in [0, 0.1) is 0 Å². The molecule has 0 spiro atoms. The number of sulfone groups is 1. The van der Waals surface area contributed by atoms with E-state index in [1.54, 1.807) is 0 Å². The Morgan fingerprint density at radius 3 is 2.63 bits per heavy atom. The molecule has 1 aromatic carbocycles. The molecule has 0 N–H and O–H groups in total. The van der Waals surface area contributed by atoms with Crippen LogP contribution in [0.15, 0.2) is 28.0 Å². The Balaban J connectivity index is 0.00000324. The Hall–Kier alpha value is 0.680. The molecule has 0 fully saturated rings. The van der Waals surface area contributed by atoms with Crippen molar-refractivity contribution in [2.45, 2.75) is 9.79 Å². The maximum absolute atomic E-state index is 11.9. The Labute approximate surface area is 146 Å². The second-order valence-electron chi connectivity index (χ2n) is 3.04. The Bertz CT molecular complexity index is 495. The predicted octanol–water partition coefficient (Wildman–Crippen LogP) is -1.90. The molecule has 0 heterocycles. The van der Waals surface area contributed by atoms with Gasteiger partial charge in [-0.25, -0.2) is 8.42 Å². The molecule has 0 radical (unpaired) electrons. The van der Waals surface area contributed by atoms with Crippen LogP contribution < -0.4 is 39.6 Å². The average Bonchev–Trinajstić information content (AvgIpc) is 2.35.